The molecular formula is C16H23NS. The van der Waals surface area contributed by atoms with Crippen LogP contribution in [0, 0.1) is 5.41 Å². The molecule has 0 aromatic heterocycles. The first-order valence-electron chi connectivity index (χ1n) is 7.10. The van der Waals surface area contributed by atoms with E-state index in [9.17, 15) is 0 Å². The maximum Gasteiger partial charge on any atom is 0.0260 e. The van der Waals surface area contributed by atoms with Crippen molar-refractivity contribution in [2.45, 2.75) is 55.7 Å². The second-order valence-corrected chi connectivity index (χ2v) is 7.91. The Morgan fingerprint density at radius 2 is 2.17 bits per heavy atom. The normalized spacial score (nSPS) is 29.4. The molecule has 2 atom stereocenters. The average Bonchev–Trinajstić information content (AvgIpc) is 2.89. The van der Waals surface area contributed by atoms with Crippen LogP contribution in [-0.2, 0) is 6.42 Å². The third-order valence-corrected chi connectivity index (χ3v) is 5.64. The van der Waals surface area contributed by atoms with Gasteiger partial charge in [-0.2, -0.15) is 0 Å². The monoisotopic (exact) mass is 261 g/mol. The first kappa shape index (κ1) is 12.6. The lowest BCUT2D eigenvalue weighted by Gasteiger charge is -2.19. The van der Waals surface area contributed by atoms with E-state index in [4.69, 9.17) is 0 Å². The molecule has 1 fully saturated rings. The summed E-state index contributed by atoms with van der Waals surface area (Å²) < 4.78 is 0. The van der Waals surface area contributed by atoms with Crippen LogP contribution >= 0.6 is 11.8 Å². The SMILES string of the molecule is CC1(C)CCC(NCC2Cc3ccccc3S2)C1. The predicted octanol–water partition coefficient (Wildman–Crippen LogP) is 3.87. The highest BCUT2D eigenvalue weighted by molar-refractivity contribution is 8.00. The highest BCUT2D eigenvalue weighted by Gasteiger charge is 2.31. The van der Waals surface area contributed by atoms with Crippen LogP contribution in [-0.4, -0.2) is 17.8 Å². The molecule has 2 aliphatic rings. The van der Waals surface area contributed by atoms with Gasteiger partial charge >= 0.3 is 0 Å². The molecule has 0 bridgehead atoms. The summed E-state index contributed by atoms with van der Waals surface area (Å²) in [5.41, 5.74) is 2.10. The number of rotatable bonds is 3. The van der Waals surface area contributed by atoms with Crippen molar-refractivity contribution in [3.63, 3.8) is 0 Å². The highest BCUT2D eigenvalue weighted by Crippen LogP contribution is 2.38. The van der Waals surface area contributed by atoms with Gasteiger partial charge in [0.05, 0.1) is 0 Å². The van der Waals surface area contributed by atoms with E-state index in [1.807, 2.05) is 0 Å². The Kier molecular flexibility index (Phi) is 3.42. The fraction of sp³-hybridized carbons (Fsp3) is 0.625. The van der Waals surface area contributed by atoms with E-state index >= 15 is 0 Å². The zero-order chi connectivity index (χ0) is 12.6. The molecule has 1 heterocycles. The van der Waals surface area contributed by atoms with Gasteiger partial charge in [-0.05, 0) is 42.7 Å². The Morgan fingerprint density at radius 1 is 1.33 bits per heavy atom. The van der Waals surface area contributed by atoms with E-state index in [2.05, 4.69) is 55.2 Å². The van der Waals surface area contributed by atoms with E-state index in [1.54, 1.807) is 5.56 Å². The molecule has 2 heteroatoms. The molecule has 1 aromatic carbocycles. The standard InChI is InChI=1S/C16H23NS/c1-16(2)8-7-13(10-16)17-11-14-9-12-5-3-4-6-15(12)18-14/h3-6,13-14,17H,7-11H2,1-2H3. The largest absolute Gasteiger partial charge is 0.313 e. The zero-order valence-corrected chi connectivity index (χ0v) is 12.2. The number of hydrogen-bond donors (Lipinski definition) is 1. The third-order valence-electron chi connectivity index (χ3n) is 4.32. The van der Waals surface area contributed by atoms with Crippen molar-refractivity contribution in [3.05, 3.63) is 29.8 Å². The van der Waals surface area contributed by atoms with E-state index in [0.717, 1.165) is 11.3 Å². The molecule has 3 rings (SSSR count). The summed E-state index contributed by atoms with van der Waals surface area (Å²) in [5.74, 6) is 0. The second-order valence-electron chi connectivity index (χ2n) is 6.56. The molecule has 1 nitrogen and oxygen atoms in total. The lowest BCUT2D eigenvalue weighted by Crippen LogP contribution is -2.33. The molecule has 98 valence electrons. The lowest BCUT2D eigenvalue weighted by atomic mass is 9.92. The van der Waals surface area contributed by atoms with Crippen LogP contribution in [0.5, 0.6) is 0 Å². The predicted molar refractivity (Wildman–Crippen MR) is 79.2 cm³/mol. The summed E-state index contributed by atoms with van der Waals surface area (Å²) in [5, 5.41) is 4.53. The second kappa shape index (κ2) is 4.90. The van der Waals surface area contributed by atoms with Gasteiger partial charge in [-0.1, -0.05) is 32.0 Å². The molecule has 0 saturated heterocycles. The molecule has 0 radical (unpaired) electrons. The molecule has 1 saturated carbocycles. The fourth-order valence-electron chi connectivity index (χ4n) is 3.28. The minimum atomic E-state index is 0.559. The summed E-state index contributed by atoms with van der Waals surface area (Å²) in [6.45, 7) is 5.96. The average molecular weight is 261 g/mol. The molecular weight excluding hydrogens is 238 g/mol. The van der Waals surface area contributed by atoms with Crippen molar-refractivity contribution >= 4 is 11.8 Å². The van der Waals surface area contributed by atoms with Crippen molar-refractivity contribution < 1.29 is 0 Å². The Labute approximate surface area is 115 Å². The van der Waals surface area contributed by atoms with Gasteiger partial charge < -0.3 is 5.32 Å². The summed E-state index contributed by atoms with van der Waals surface area (Å²) in [6.07, 6.45) is 5.32. The molecule has 1 aromatic rings. The van der Waals surface area contributed by atoms with Crippen LogP contribution in [0.4, 0.5) is 0 Å². The van der Waals surface area contributed by atoms with Crippen molar-refractivity contribution in [1.29, 1.82) is 0 Å². The number of nitrogens with one attached hydrogen (secondary N) is 1. The molecule has 0 spiro atoms. The first-order valence-corrected chi connectivity index (χ1v) is 7.98. The van der Waals surface area contributed by atoms with Gasteiger partial charge in [0.1, 0.15) is 0 Å². The number of fused-ring (bicyclic) bond motifs is 1. The van der Waals surface area contributed by atoms with Gasteiger partial charge in [0, 0.05) is 22.7 Å². The Morgan fingerprint density at radius 3 is 2.89 bits per heavy atom. The summed E-state index contributed by atoms with van der Waals surface area (Å²) in [6, 6.07) is 9.61. The maximum atomic E-state index is 3.79. The van der Waals surface area contributed by atoms with Crippen LogP contribution in [0.2, 0.25) is 0 Å². The van der Waals surface area contributed by atoms with Gasteiger partial charge in [-0.3, -0.25) is 0 Å². The molecule has 1 aliphatic heterocycles. The van der Waals surface area contributed by atoms with Gasteiger partial charge in [0.25, 0.3) is 0 Å². The molecule has 1 aliphatic carbocycles. The quantitative estimate of drug-likeness (QED) is 0.886. The van der Waals surface area contributed by atoms with Crippen molar-refractivity contribution in [2.24, 2.45) is 5.41 Å². The van der Waals surface area contributed by atoms with Crippen LogP contribution < -0.4 is 5.32 Å². The lowest BCUT2D eigenvalue weighted by molar-refractivity contribution is 0.364. The minimum Gasteiger partial charge on any atom is -0.313 e. The van der Waals surface area contributed by atoms with E-state index in [1.165, 1.54) is 37.1 Å². The highest BCUT2D eigenvalue weighted by atomic mass is 32.2. The van der Waals surface area contributed by atoms with Crippen LogP contribution in [0.1, 0.15) is 38.7 Å². The third kappa shape index (κ3) is 2.75. The molecule has 0 amide bonds. The van der Waals surface area contributed by atoms with E-state index in [0.29, 0.717) is 5.41 Å². The molecule has 18 heavy (non-hydrogen) atoms. The minimum absolute atomic E-state index is 0.559. The van der Waals surface area contributed by atoms with Crippen LogP contribution in [0.3, 0.4) is 0 Å². The number of benzene rings is 1. The topological polar surface area (TPSA) is 12.0 Å². The molecule has 1 N–H and O–H groups in total. The van der Waals surface area contributed by atoms with Gasteiger partial charge in [0.2, 0.25) is 0 Å². The van der Waals surface area contributed by atoms with Crippen molar-refractivity contribution in [2.75, 3.05) is 6.54 Å². The van der Waals surface area contributed by atoms with Gasteiger partial charge in [-0.25, -0.2) is 0 Å². The summed E-state index contributed by atoms with van der Waals surface area (Å²) in [4.78, 5) is 1.50. The first-order chi connectivity index (χ1) is 8.62. The fourth-order valence-corrected chi connectivity index (χ4v) is 4.54. The Hall–Kier alpha value is -0.470. The maximum absolute atomic E-state index is 3.79. The van der Waals surface area contributed by atoms with Crippen molar-refractivity contribution in [1.82, 2.24) is 5.32 Å². The Balaban J connectivity index is 1.49. The summed E-state index contributed by atoms with van der Waals surface area (Å²) in [7, 11) is 0. The van der Waals surface area contributed by atoms with E-state index in [-0.39, 0.29) is 0 Å². The van der Waals surface area contributed by atoms with E-state index < -0.39 is 0 Å². The van der Waals surface area contributed by atoms with Crippen LogP contribution in [0.15, 0.2) is 29.2 Å². The smallest absolute Gasteiger partial charge is 0.0260 e. The van der Waals surface area contributed by atoms with Gasteiger partial charge in [-0.15, -0.1) is 11.8 Å². The number of hydrogen-bond acceptors (Lipinski definition) is 2. The summed E-state index contributed by atoms with van der Waals surface area (Å²) >= 11 is 2.06. The Bertz CT molecular complexity index is 402. The van der Waals surface area contributed by atoms with Gasteiger partial charge in [0.15, 0.2) is 0 Å². The number of thioether (sulfide) groups is 1. The zero-order valence-electron chi connectivity index (χ0n) is 11.4. The molecule has 2 unspecified atom stereocenters. The van der Waals surface area contributed by atoms with Crippen LogP contribution in [0.25, 0.3) is 0 Å². The van der Waals surface area contributed by atoms with Crippen molar-refractivity contribution in [3.8, 4) is 0 Å².